The third kappa shape index (κ3) is 6.42. The van der Waals surface area contributed by atoms with Gasteiger partial charge in [-0.15, -0.1) is 11.3 Å². The lowest BCUT2D eigenvalue weighted by molar-refractivity contribution is -0.116. The van der Waals surface area contributed by atoms with Gasteiger partial charge in [0.05, 0.1) is 23.7 Å². The van der Waals surface area contributed by atoms with Crippen LogP contribution in [0, 0.1) is 6.92 Å². The van der Waals surface area contributed by atoms with E-state index in [0.29, 0.717) is 28.5 Å². The number of carbonyl (C=O) groups excluding carboxylic acids is 3. The minimum absolute atomic E-state index is 0.151. The summed E-state index contributed by atoms with van der Waals surface area (Å²) in [4.78, 5) is 36.9. The molecule has 1 N–H and O–H groups in total. The molecule has 0 atom stereocenters. The molecule has 0 fully saturated rings. The number of Topliss-reactive ketones (excluding diaryl/α,β-unsaturated/α-hetero) is 1. The van der Waals surface area contributed by atoms with E-state index in [9.17, 15) is 14.4 Å². The highest BCUT2D eigenvalue weighted by atomic mass is 32.1. The lowest BCUT2D eigenvalue weighted by Crippen LogP contribution is -2.15. The molecule has 30 heavy (non-hydrogen) atoms. The van der Waals surface area contributed by atoms with Crippen molar-refractivity contribution in [1.29, 1.82) is 0 Å². The smallest absolute Gasteiger partial charge is 0.341 e. The lowest BCUT2D eigenvalue weighted by Gasteiger charge is -2.08. The summed E-state index contributed by atoms with van der Waals surface area (Å²) in [5, 5.41) is 3.11. The topological polar surface area (TPSA) is 81.7 Å². The molecule has 0 unspecified atom stereocenters. The number of aryl methyl sites for hydroxylation is 1. The minimum Gasteiger partial charge on any atom is -0.494 e. The van der Waals surface area contributed by atoms with Crippen LogP contribution in [0.4, 0.5) is 5.00 Å². The standard InChI is InChI=1S/C23H29NO5S/c1-5-8-17-10-12-18(13-11-17)29-14-7-9-19(26)24-22-20(23(27)28-6-2)15(3)21(30-22)16(4)25/h10-13H,5-9,14H2,1-4H3,(H,24,26). The highest BCUT2D eigenvalue weighted by Crippen LogP contribution is 2.34. The number of nitrogens with one attached hydrogen (secondary N) is 1. The fraction of sp³-hybridized carbons (Fsp3) is 0.435. The van der Waals surface area contributed by atoms with Gasteiger partial charge in [-0.1, -0.05) is 25.5 Å². The van der Waals surface area contributed by atoms with Gasteiger partial charge in [-0.05, 0) is 56.9 Å². The number of benzene rings is 1. The summed E-state index contributed by atoms with van der Waals surface area (Å²) in [5.41, 5.74) is 2.07. The molecule has 1 amide bonds. The maximum Gasteiger partial charge on any atom is 0.341 e. The Bertz CT molecular complexity index is 886. The van der Waals surface area contributed by atoms with E-state index in [1.165, 1.54) is 12.5 Å². The molecule has 1 heterocycles. The Morgan fingerprint density at radius 1 is 1.10 bits per heavy atom. The Kier molecular flexibility index (Phi) is 9.05. The predicted molar refractivity (Wildman–Crippen MR) is 119 cm³/mol. The van der Waals surface area contributed by atoms with Crippen LogP contribution < -0.4 is 10.1 Å². The monoisotopic (exact) mass is 431 g/mol. The number of ketones is 1. The van der Waals surface area contributed by atoms with E-state index in [2.05, 4.69) is 12.2 Å². The van der Waals surface area contributed by atoms with Crippen molar-refractivity contribution in [2.45, 2.75) is 53.4 Å². The Morgan fingerprint density at radius 3 is 2.40 bits per heavy atom. The van der Waals surface area contributed by atoms with Gasteiger partial charge >= 0.3 is 5.97 Å². The SMILES string of the molecule is CCCc1ccc(OCCCC(=O)Nc2sc(C(C)=O)c(C)c2C(=O)OCC)cc1. The number of rotatable bonds is 11. The summed E-state index contributed by atoms with van der Waals surface area (Å²) in [6.45, 7) is 7.60. The highest BCUT2D eigenvalue weighted by Gasteiger charge is 2.25. The number of thiophene rings is 1. The number of anilines is 1. The zero-order valence-electron chi connectivity index (χ0n) is 18.0. The van der Waals surface area contributed by atoms with Crippen LogP contribution in [0.5, 0.6) is 5.75 Å². The van der Waals surface area contributed by atoms with Crippen LogP contribution in [-0.4, -0.2) is 30.9 Å². The Balaban J connectivity index is 1.91. The molecule has 1 aromatic carbocycles. The normalized spacial score (nSPS) is 10.5. The van der Waals surface area contributed by atoms with Crippen LogP contribution in [0.1, 0.15) is 71.2 Å². The first-order valence-corrected chi connectivity index (χ1v) is 11.0. The lowest BCUT2D eigenvalue weighted by atomic mass is 10.1. The van der Waals surface area contributed by atoms with Gasteiger partial charge < -0.3 is 14.8 Å². The van der Waals surface area contributed by atoms with Crippen molar-refractivity contribution in [2.75, 3.05) is 18.5 Å². The molecule has 2 rings (SSSR count). The van der Waals surface area contributed by atoms with Crippen LogP contribution in [0.15, 0.2) is 24.3 Å². The van der Waals surface area contributed by atoms with Crippen molar-refractivity contribution in [3.8, 4) is 5.75 Å². The van der Waals surface area contributed by atoms with E-state index in [4.69, 9.17) is 9.47 Å². The average Bonchev–Trinajstić information content (AvgIpc) is 3.03. The molecule has 0 aliphatic rings. The van der Waals surface area contributed by atoms with Crippen LogP contribution in [0.3, 0.4) is 0 Å². The van der Waals surface area contributed by atoms with Crippen molar-refractivity contribution in [3.05, 3.63) is 45.8 Å². The van der Waals surface area contributed by atoms with Crippen molar-refractivity contribution >= 4 is 34.0 Å². The van der Waals surface area contributed by atoms with Crippen LogP contribution >= 0.6 is 11.3 Å². The van der Waals surface area contributed by atoms with Gasteiger partial charge in [0.1, 0.15) is 10.8 Å². The number of ether oxygens (including phenoxy) is 2. The number of hydrogen-bond donors (Lipinski definition) is 1. The van der Waals surface area contributed by atoms with Crippen LogP contribution in [0.25, 0.3) is 0 Å². The van der Waals surface area contributed by atoms with Gasteiger partial charge in [0.2, 0.25) is 5.91 Å². The summed E-state index contributed by atoms with van der Waals surface area (Å²) in [6, 6.07) is 7.98. The molecule has 0 spiro atoms. The number of amides is 1. The molecule has 0 aliphatic carbocycles. The van der Waals surface area contributed by atoms with E-state index in [1.54, 1.807) is 13.8 Å². The fourth-order valence-corrected chi connectivity index (χ4v) is 4.15. The van der Waals surface area contributed by atoms with Crippen molar-refractivity contribution in [2.24, 2.45) is 0 Å². The van der Waals surface area contributed by atoms with Gasteiger partial charge in [0.15, 0.2) is 5.78 Å². The summed E-state index contributed by atoms with van der Waals surface area (Å²) < 4.78 is 10.8. The van der Waals surface area contributed by atoms with Gasteiger partial charge in [-0.3, -0.25) is 9.59 Å². The Hall–Kier alpha value is -2.67. The van der Waals surface area contributed by atoms with Gasteiger partial charge in [-0.2, -0.15) is 0 Å². The molecule has 1 aromatic heterocycles. The third-order valence-corrected chi connectivity index (χ3v) is 5.79. The molecule has 0 saturated heterocycles. The van der Waals surface area contributed by atoms with Crippen LogP contribution in [-0.2, 0) is 16.0 Å². The summed E-state index contributed by atoms with van der Waals surface area (Å²) in [5.74, 6) is -0.149. The molecule has 6 nitrogen and oxygen atoms in total. The fourth-order valence-electron chi connectivity index (χ4n) is 3.04. The molecule has 0 bridgehead atoms. The Morgan fingerprint density at radius 2 is 1.80 bits per heavy atom. The molecular formula is C23H29NO5S. The molecule has 0 radical (unpaired) electrons. The molecule has 162 valence electrons. The van der Waals surface area contributed by atoms with E-state index in [-0.39, 0.29) is 30.3 Å². The van der Waals surface area contributed by atoms with Gasteiger partial charge in [0.25, 0.3) is 0 Å². The maximum atomic E-state index is 12.4. The number of carbonyl (C=O) groups is 3. The largest absolute Gasteiger partial charge is 0.494 e. The van der Waals surface area contributed by atoms with Crippen molar-refractivity contribution < 1.29 is 23.9 Å². The van der Waals surface area contributed by atoms with Gasteiger partial charge in [-0.25, -0.2) is 4.79 Å². The first-order valence-electron chi connectivity index (χ1n) is 10.2. The molecule has 0 saturated carbocycles. The second kappa shape index (κ2) is 11.5. The zero-order chi connectivity index (χ0) is 22.1. The van der Waals surface area contributed by atoms with E-state index >= 15 is 0 Å². The maximum absolute atomic E-state index is 12.4. The summed E-state index contributed by atoms with van der Waals surface area (Å²) in [7, 11) is 0. The van der Waals surface area contributed by atoms with E-state index < -0.39 is 5.97 Å². The third-order valence-electron chi connectivity index (χ3n) is 4.48. The van der Waals surface area contributed by atoms with Crippen molar-refractivity contribution in [1.82, 2.24) is 0 Å². The quantitative estimate of drug-likeness (QED) is 0.301. The Labute approximate surface area is 181 Å². The van der Waals surface area contributed by atoms with Crippen molar-refractivity contribution in [3.63, 3.8) is 0 Å². The molecule has 7 heteroatoms. The first kappa shape index (κ1) is 23.6. The number of hydrogen-bond acceptors (Lipinski definition) is 6. The van der Waals surface area contributed by atoms with Gasteiger partial charge in [0, 0.05) is 6.42 Å². The predicted octanol–water partition coefficient (Wildman–Crippen LogP) is 5.19. The zero-order valence-corrected chi connectivity index (χ0v) is 18.8. The average molecular weight is 432 g/mol. The van der Waals surface area contributed by atoms with E-state index in [1.807, 2.05) is 24.3 Å². The first-order chi connectivity index (χ1) is 14.4. The molecule has 0 aliphatic heterocycles. The highest BCUT2D eigenvalue weighted by molar-refractivity contribution is 7.18. The minimum atomic E-state index is -0.538. The summed E-state index contributed by atoms with van der Waals surface area (Å²) in [6.07, 6.45) is 2.91. The summed E-state index contributed by atoms with van der Waals surface area (Å²) >= 11 is 1.10. The van der Waals surface area contributed by atoms with E-state index in [0.717, 1.165) is 29.9 Å². The molecule has 2 aromatic rings. The number of esters is 1. The second-order valence-electron chi connectivity index (χ2n) is 6.93. The molecular weight excluding hydrogens is 402 g/mol. The van der Waals surface area contributed by atoms with Crippen LogP contribution in [0.2, 0.25) is 0 Å². The second-order valence-corrected chi connectivity index (χ2v) is 7.95.